The lowest BCUT2D eigenvalue weighted by molar-refractivity contribution is -0.131. The van der Waals surface area contributed by atoms with Gasteiger partial charge < -0.3 is 9.64 Å². The first-order valence-electron chi connectivity index (χ1n) is 8.42. The molecule has 25 heavy (non-hydrogen) atoms. The molecule has 2 fully saturated rings. The Morgan fingerprint density at radius 3 is 2.68 bits per heavy atom. The fourth-order valence-corrected chi connectivity index (χ4v) is 3.42. The van der Waals surface area contributed by atoms with Crippen molar-refractivity contribution in [2.75, 3.05) is 20.3 Å². The number of nitrogens with one attached hydrogen (secondary N) is 1. The number of benzene rings is 1. The summed E-state index contributed by atoms with van der Waals surface area (Å²) < 4.78 is 20.0. The van der Waals surface area contributed by atoms with Crippen molar-refractivity contribution >= 4 is 5.91 Å². The first kappa shape index (κ1) is 16.2. The van der Waals surface area contributed by atoms with Crippen LogP contribution in [0.1, 0.15) is 24.6 Å². The number of ether oxygens (including phenoxy) is 1. The Morgan fingerprint density at radius 2 is 2.04 bits per heavy atom. The van der Waals surface area contributed by atoms with Gasteiger partial charge in [-0.3, -0.25) is 15.1 Å². The predicted octanol–water partition coefficient (Wildman–Crippen LogP) is 2.50. The largest absolute Gasteiger partial charge is 0.383 e. The Morgan fingerprint density at radius 1 is 1.28 bits per heavy atom. The SMILES string of the molecule is COCCN1C(=O)C2(CC2)NC1c1ccc(-c2ccncc2)cc1F. The molecule has 1 spiro atoms. The zero-order chi connectivity index (χ0) is 17.4. The van der Waals surface area contributed by atoms with Crippen LogP contribution in [0.5, 0.6) is 0 Å². The third kappa shape index (κ3) is 2.81. The Labute approximate surface area is 145 Å². The van der Waals surface area contributed by atoms with Gasteiger partial charge in [-0.05, 0) is 42.2 Å². The lowest BCUT2D eigenvalue weighted by atomic mass is 10.0. The number of halogens is 1. The molecule has 1 aliphatic carbocycles. The molecule has 1 unspecified atom stereocenters. The van der Waals surface area contributed by atoms with Crippen LogP contribution < -0.4 is 5.32 Å². The van der Waals surface area contributed by atoms with Gasteiger partial charge in [-0.2, -0.15) is 0 Å². The van der Waals surface area contributed by atoms with Gasteiger partial charge in [0.25, 0.3) is 0 Å². The molecule has 5 nitrogen and oxygen atoms in total. The van der Waals surface area contributed by atoms with Gasteiger partial charge in [0.05, 0.1) is 6.61 Å². The third-order valence-corrected chi connectivity index (χ3v) is 4.99. The molecule has 1 N–H and O–H groups in total. The summed E-state index contributed by atoms with van der Waals surface area (Å²) in [5, 5.41) is 3.34. The van der Waals surface area contributed by atoms with Crippen molar-refractivity contribution < 1.29 is 13.9 Å². The molecule has 1 aromatic heterocycles. The number of rotatable bonds is 5. The van der Waals surface area contributed by atoms with E-state index in [9.17, 15) is 9.18 Å². The van der Waals surface area contributed by atoms with E-state index in [-0.39, 0.29) is 11.7 Å². The molecular weight excluding hydrogens is 321 g/mol. The van der Waals surface area contributed by atoms with Gasteiger partial charge in [0.15, 0.2) is 0 Å². The van der Waals surface area contributed by atoms with E-state index in [1.807, 2.05) is 18.2 Å². The topological polar surface area (TPSA) is 54.5 Å². The molecule has 2 aliphatic rings. The zero-order valence-electron chi connectivity index (χ0n) is 14.0. The minimum atomic E-state index is -0.491. The minimum absolute atomic E-state index is 0.0483. The van der Waals surface area contributed by atoms with Crippen LogP contribution in [0.25, 0.3) is 11.1 Å². The highest BCUT2D eigenvalue weighted by Crippen LogP contribution is 2.46. The molecule has 1 atom stereocenters. The van der Waals surface area contributed by atoms with Gasteiger partial charge in [-0.25, -0.2) is 4.39 Å². The van der Waals surface area contributed by atoms with Crippen LogP contribution in [0.4, 0.5) is 4.39 Å². The molecular formula is C19H20FN3O2. The van der Waals surface area contributed by atoms with Gasteiger partial charge >= 0.3 is 0 Å². The number of carbonyl (C=O) groups is 1. The summed E-state index contributed by atoms with van der Waals surface area (Å²) in [5.74, 6) is -0.271. The van der Waals surface area contributed by atoms with Gasteiger partial charge in [0.2, 0.25) is 5.91 Å². The monoisotopic (exact) mass is 341 g/mol. The van der Waals surface area contributed by atoms with E-state index in [2.05, 4.69) is 10.3 Å². The highest BCUT2D eigenvalue weighted by molar-refractivity contribution is 5.92. The smallest absolute Gasteiger partial charge is 0.244 e. The van der Waals surface area contributed by atoms with Crippen molar-refractivity contribution in [1.29, 1.82) is 0 Å². The molecule has 1 amide bonds. The Bertz CT molecular complexity index is 793. The summed E-state index contributed by atoms with van der Waals surface area (Å²) in [5.41, 5.74) is 1.70. The molecule has 2 heterocycles. The van der Waals surface area contributed by atoms with E-state index in [4.69, 9.17) is 4.74 Å². The standard InChI is InChI=1S/C19H20FN3O2/c1-25-11-10-23-17(22-19(6-7-19)18(23)24)15-3-2-14(12-16(15)20)13-4-8-21-9-5-13/h2-5,8-9,12,17,22H,6-7,10-11H2,1H3. The number of aromatic nitrogens is 1. The van der Waals surface area contributed by atoms with Gasteiger partial charge in [0.1, 0.15) is 17.5 Å². The summed E-state index contributed by atoms with van der Waals surface area (Å²) in [4.78, 5) is 18.3. The first-order valence-corrected chi connectivity index (χ1v) is 8.42. The number of methoxy groups -OCH3 is 1. The lowest BCUT2D eigenvalue weighted by Gasteiger charge is -2.24. The number of hydrogen-bond acceptors (Lipinski definition) is 4. The van der Waals surface area contributed by atoms with Crippen molar-refractivity contribution in [2.24, 2.45) is 0 Å². The summed E-state index contributed by atoms with van der Waals surface area (Å²) in [7, 11) is 1.60. The Balaban J connectivity index is 1.65. The van der Waals surface area contributed by atoms with Crippen molar-refractivity contribution in [3.63, 3.8) is 0 Å². The average molecular weight is 341 g/mol. The summed E-state index contributed by atoms with van der Waals surface area (Å²) >= 11 is 0. The second-order valence-electron chi connectivity index (χ2n) is 6.59. The summed E-state index contributed by atoms with van der Waals surface area (Å²) in [6.07, 6.45) is 4.53. The van der Waals surface area contributed by atoms with Crippen LogP contribution in [0.15, 0.2) is 42.7 Å². The van der Waals surface area contributed by atoms with E-state index in [0.717, 1.165) is 24.0 Å². The van der Waals surface area contributed by atoms with Crippen molar-refractivity contribution in [1.82, 2.24) is 15.2 Å². The highest BCUT2D eigenvalue weighted by atomic mass is 19.1. The van der Waals surface area contributed by atoms with Gasteiger partial charge in [-0.15, -0.1) is 0 Å². The third-order valence-electron chi connectivity index (χ3n) is 4.99. The zero-order valence-corrected chi connectivity index (χ0v) is 14.0. The quantitative estimate of drug-likeness (QED) is 0.908. The number of carbonyl (C=O) groups excluding carboxylic acids is 1. The second kappa shape index (κ2) is 6.20. The first-order chi connectivity index (χ1) is 12.1. The predicted molar refractivity (Wildman–Crippen MR) is 91.1 cm³/mol. The van der Waals surface area contributed by atoms with Crippen LogP contribution in [0.3, 0.4) is 0 Å². The van der Waals surface area contributed by atoms with Crippen LogP contribution in [0.2, 0.25) is 0 Å². The van der Waals surface area contributed by atoms with E-state index in [1.165, 1.54) is 6.07 Å². The Kier molecular flexibility index (Phi) is 4.01. The normalized spacial score (nSPS) is 21.1. The average Bonchev–Trinajstić information content (AvgIpc) is 3.37. The van der Waals surface area contributed by atoms with Crippen LogP contribution in [-0.2, 0) is 9.53 Å². The molecule has 1 saturated carbocycles. The fraction of sp³-hybridized carbons (Fsp3) is 0.368. The van der Waals surface area contributed by atoms with Crippen molar-refractivity contribution in [3.05, 3.63) is 54.1 Å². The molecule has 2 aromatic rings. The summed E-state index contributed by atoms with van der Waals surface area (Å²) in [6.45, 7) is 0.872. The number of pyridine rings is 1. The maximum atomic E-state index is 14.9. The fourth-order valence-electron chi connectivity index (χ4n) is 3.42. The minimum Gasteiger partial charge on any atom is -0.383 e. The number of amides is 1. The van der Waals surface area contributed by atoms with Gasteiger partial charge in [-0.1, -0.05) is 12.1 Å². The van der Waals surface area contributed by atoms with Crippen molar-refractivity contribution in [2.45, 2.75) is 24.5 Å². The number of hydrogen-bond donors (Lipinski definition) is 1. The van der Waals surface area contributed by atoms with Crippen LogP contribution in [-0.4, -0.2) is 41.6 Å². The van der Waals surface area contributed by atoms with E-state index in [1.54, 1.807) is 30.5 Å². The molecule has 0 radical (unpaired) electrons. The molecule has 1 aliphatic heterocycles. The van der Waals surface area contributed by atoms with E-state index in [0.29, 0.717) is 18.7 Å². The summed E-state index contributed by atoms with van der Waals surface area (Å²) in [6, 6.07) is 8.85. The molecule has 0 bridgehead atoms. The molecule has 1 saturated heterocycles. The van der Waals surface area contributed by atoms with Gasteiger partial charge in [0, 0.05) is 31.6 Å². The second-order valence-corrected chi connectivity index (χ2v) is 6.59. The lowest BCUT2D eigenvalue weighted by Crippen LogP contribution is -2.34. The molecule has 130 valence electrons. The van der Waals surface area contributed by atoms with Crippen LogP contribution in [0, 0.1) is 5.82 Å². The maximum Gasteiger partial charge on any atom is 0.244 e. The highest BCUT2D eigenvalue weighted by Gasteiger charge is 2.59. The van der Waals surface area contributed by atoms with Crippen molar-refractivity contribution in [3.8, 4) is 11.1 Å². The molecule has 6 heteroatoms. The molecule has 1 aromatic carbocycles. The van der Waals surface area contributed by atoms with Crippen LogP contribution >= 0.6 is 0 Å². The number of nitrogens with zero attached hydrogens (tertiary/aromatic N) is 2. The maximum absolute atomic E-state index is 14.9. The Hall–Kier alpha value is -2.31. The molecule has 4 rings (SSSR count). The van der Waals surface area contributed by atoms with E-state index < -0.39 is 11.7 Å². The van der Waals surface area contributed by atoms with E-state index >= 15 is 0 Å².